The van der Waals surface area contributed by atoms with E-state index in [1.807, 2.05) is 30.3 Å². The van der Waals surface area contributed by atoms with E-state index < -0.39 is 0 Å². The molecule has 0 aliphatic carbocycles. The van der Waals surface area contributed by atoms with E-state index in [0.717, 1.165) is 29.7 Å². The van der Waals surface area contributed by atoms with Gasteiger partial charge in [0.05, 0.1) is 12.2 Å². The summed E-state index contributed by atoms with van der Waals surface area (Å²) < 4.78 is 5.08. The lowest BCUT2D eigenvalue weighted by Crippen LogP contribution is -2.10. The Morgan fingerprint density at radius 3 is 1.89 bits per heavy atom. The van der Waals surface area contributed by atoms with Crippen LogP contribution in [0.15, 0.2) is 72.8 Å². The molecule has 6 heteroatoms. The number of aromatic nitrogens is 3. The van der Waals surface area contributed by atoms with Crippen molar-refractivity contribution in [3.63, 3.8) is 0 Å². The number of carbonyl (C=O) groups excluding carboxylic acids is 1. The van der Waals surface area contributed by atoms with Crippen molar-refractivity contribution in [1.82, 2.24) is 15.0 Å². The van der Waals surface area contributed by atoms with Gasteiger partial charge < -0.3 is 10.1 Å². The summed E-state index contributed by atoms with van der Waals surface area (Å²) in [6.45, 7) is 6.43. The predicted octanol–water partition coefficient (Wildman–Crippen LogP) is 6.10. The molecule has 0 aliphatic heterocycles. The molecule has 0 aliphatic rings. The van der Waals surface area contributed by atoms with Crippen LogP contribution in [-0.2, 0) is 30.4 Å². The van der Waals surface area contributed by atoms with Gasteiger partial charge in [-0.15, -0.1) is 0 Å². The standard InChI is InChI=1S/C30H32N4O2/c1-4-21-11-13-22(14-12-21)19-27-32-28(20-23-15-17-25(18-16-23)29(35)36-6-3)34-30(33-27)31-26-10-8-7-9-24(26)5-2/h7-18H,4-6,19-20H2,1-3H3,(H,31,32,33,34). The van der Waals surface area contributed by atoms with Crippen LogP contribution in [0.2, 0.25) is 0 Å². The second-order valence-electron chi connectivity index (χ2n) is 8.57. The molecule has 0 spiro atoms. The Labute approximate surface area is 212 Å². The molecular weight excluding hydrogens is 448 g/mol. The molecule has 6 nitrogen and oxygen atoms in total. The molecule has 3 aromatic carbocycles. The summed E-state index contributed by atoms with van der Waals surface area (Å²) in [5.41, 5.74) is 6.20. The lowest BCUT2D eigenvalue weighted by molar-refractivity contribution is 0.0526. The van der Waals surface area contributed by atoms with Crippen LogP contribution in [0.25, 0.3) is 0 Å². The van der Waals surface area contributed by atoms with Gasteiger partial charge in [-0.2, -0.15) is 9.97 Å². The Morgan fingerprint density at radius 1 is 0.722 bits per heavy atom. The van der Waals surface area contributed by atoms with Crippen molar-refractivity contribution in [2.24, 2.45) is 0 Å². The summed E-state index contributed by atoms with van der Waals surface area (Å²) in [6.07, 6.45) is 3.06. The van der Waals surface area contributed by atoms with Crippen molar-refractivity contribution in [3.8, 4) is 0 Å². The highest BCUT2D eigenvalue weighted by molar-refractivity contribution is 5.89. The van der Waals surface area contributed by atoms with E-state index in [-0.39, 0.29) is 5.97 Å². The van der Waals surface area contributed by atoms with Gasteiger partial charge in [-0.25, -0.2) is 9.78 Å². The van der Waals surface area contributed by atoms with Crippen molar-refractivity contribution in [3.05, 3.63) is 112 Å². The van der Waals surface area contributed by atoms with Crippen molar-refractivity contribution in [1.29, 1.82) is 0 Å². The van der Waals surface area contributed by atoms with Gasteiger partial charge in [0.2, 0.25) is 5.95 Å². The minimum absolute atomic E-state index is 0.318. The van der Waals surface area contributed by atoms with Gasteiger partial charge in [0.15, 0.2) is 0 Å². The number of para-hydroxylation sites is 1. The van der Waals surface area contributed by atoms with Gasteiger partial charge in [0.1, 0.15) is 11.6 Å². The summed E-state index contributed by atoms with van der Waals surface area (Å²) in [5.74, 6) is 1.60. The molecule has 0 bridgehead atoms. The number of anilines is 2. The second-order valence-corrected chi connectivity index (χ2v) is 8.57. The van der Waals surface area contributed by atoms with Crippen LogP contribution >= 0.6 is 0 Å². The topological polar surface area (TPSA) is 77.0 Å². The predicted molar refractivity (Wildman–Crippen MR) is 143 cm³/mol. The quantitative estimate of drug-likeness (QED) is 0.277. The zero-order valence-corrected chi connectivity index (χ0v) is 21.1. The summed E-state index contributed by atoms with van der Waals surface area (Å²) in [6, 6.07) is 24.1. The first-order valence-electron chi connectivity index (χ1n) is 12.5. The molecule has 1 aromatic heterocycles. The summed E-state index contributed by atoms with van der Waals surface area (Å²) in [7, 11) is 0. The average molecular weight is 481 g/mol. The summed E-state index contributed by atoms with van der Waals surface area (Å²) >= 11 is 0. The number of hydrogen-bond acceptors (Lipinski definition) is 6. The van der Waals surface area contributed by atoms with Crippen LogP contribution in [0.1, 0.15) is 65.0 Å². The van der Waals surface area contributed by atoms with Crippen molar-refractivity contribution < 1.29 is 9.53 Å². The monoisotopic (exact) mass is 480 g/mol. The number of nitrogens with one attached hydrogen (secondary N) is 1. The molecule has 0 fully saturated rings. The molecule has 36 heavy (non-hydrogen) atoms. The normalized spacial score (nSPS) is 10.8. The summed E-state index contributed by atoms with van der Waals surface area (Å²) in [4.78, 5) is 26.2. The molecule has 0 radical (unpaired) electrons. The molecule has 1 N–H and O–H groups in total. The van der Waals surface area contributed by atoms with E-state index in [1.165, 1.54) is 11.1 Å². The van der Waals surface area contributed by atoms with Gasteiger partial charge in [0, 0.05) is 18.5 Å². The van der Waals surface area contributed by atoms with Gasteiger partial charge in [-0.1, -0.05) is 68.4 Å². The minimum Gasteiger partial charge on any atom is -0.462 e. The fourth-order valence-corrected chi connectivity index (χ4v) is 3.98. The SMILES string of the molecule is CCOC(=O)c1ccc(Cc2nc(Cc3ccc(CC)cc3)nc(Nc3ccccc3CC)n2)cc1. The smallest absolute Gasteiger partial charge is 0.338 e. The van der Waals surface area contributed by atoms with Gasteiger partial charge >= 0.3 is 5.97 Å². The zero-order valence-electron chi connectivity index (χ0n) is 21.1. The van der Waals surface area contributed by atoms with Crippen LogP contribution < -0.4 is 5.32 Å². The number of carbonyl (C=O) groups is 1. The molecule has 4 aromatic rings. The number of esters is 1. The molecule has 0 saturated carbocycles. The average Bonchev–Trinajstić information content (AvgIpc) is 2.90. The second kappa shape index (κ2) is 12.1. The van der Waals surface area contributed by atoms with E-state index in [4.69, 9.17) is 19.7 Å². The van der Waals surface area contributed by atoms with Gasteiger partial charge in [-0.05, 0) is 60.2 Å². The first kappa shape index (κ1) is 25.0. The van der Waals surface area contributed by atoms with E-state index in [0.29, 0.717) is 42.6 Å². The Balaban J connectivity index is 1.62. The van der Waals surface area contributed by atoms with E-state index in [9.17, 15) is 4.79 Å². The lowest BCUT2D eigenvalue weighted by Gasteiger charge is -2.12. The molecule has 0 amide bonds. The molecule has 0 saturated heterocycles. The molecule has 4 rings (SSSR count). The first-order chi connectivity index (χ1) is 17.6. The summed E-state index contributed by atoms with van der Waals surface area (Å²) in [5, 5.41) is 3.41. The highest BCUT2D eigenvalue weighted by Crippen LogP contribution is 2.20. The third-order valence-corrected chi connectivity index (χ3v) is 5.99. The number of nitrogens with zero attached hydrogens (tertiary/aromatic N) is 3. The molecule has 1 heterocycles. The number of aryl methyl sites for hydroxylation is 2. The Morgan fingerprint density at radius 2 is 1.31 bits per heavy atom. The number of hydrogen-bond donors (Lipinski definition) is 1. The highest BCUT2D eigenvalue weighted by Gasteiger charge is 2.12. The van der Waals surface area contributed by atoms with Crippen molar-refractivity contribution in [2.45, 2.75) is 46.5 Å². The van der Waals surface area contributed by atoms with E-state index in [1.54, 1.807) is 19.1 Å². The minimum atomic E-state index is -0.318. The largest absolute Gasteiger partial charge is 0.462 e. The zero-order chi connectivity index (χ0) is 25.3. The maximum absolute atomic E-state index is 12.0. The van der Waals surface area contributed by atoms with Gasteiger partial charge in [0.25, 0.3) is 0 Å². The van der Waals surface area contributed by atoms with Crippen LogP contribution in [0.3, 0.4) is 0 Å². The van der Waals surface area contributed by atoms with E-state index in [2.05, 4.69) is 49.5 Å². The maximum Gasteiger partial charge on any atom is 0.338 e. The molecule has 184 valence electrons. The maximum atomic E-state index is 12.0. The Bertz CT molecular complexity index is 1300. The third kappa shape index (κ3) is 6.54. The number of benzene rings is 3. The fourth-order valence-electron chi connectivity index (χ4n) is 3.98. The molecule has 0 atom stereocenters. The highest BCUT2D eigenvalue weighted by atomic mass is 16.5. The molecule has 0 unspecified atom stereocenters. The van der Waals surface area contributed by atoms with Crippen LogP contribution in [0.5, 0.6) is 0 Å². The van der Waals surface area contributed by atoms with Crippen LogP contribution in [-0.4, -0.2) is 27.5 Å². The number of ether oxygens (including phenoxy) is 1. The Kier molecular flexibility index (Phi) is 8.40. The van der Waals surface area contributed by atoms with E-state index >= 15 is 0 Å². The third-order valence-electron chi connectivity index (χ3n) is 5.99. The first-order valence-corrected chi connectivity index (χ1v) is 12.5. The van der Waals surface area contributed by atoms with Crippen molar-refractivity contribution >= 4 is 17.6 Å². The molecular formula is C30H32N4O2. The fraction of sp³-hybridized carbons (Fsp3) is 0.267. The van der Waals surface area contributed by atoms with Gasteiger partial charge in [-0.3, -0.25) is 0 Å². The van der Waals surface area contributed by atoms with Crippen molar-refractivity contribution in [2.75, 3.05) is 11.9 Å². The van der Waals surface area contributed by atoms with Crippen LogP contribution in [0, 0.1) is 0 Å². The van der Waals surface area contributed by atoms with Crippen LogP contribution in [0.4, 0.5) is 11.6 Å². The lowest BCUT2D eigenvalue weighted by atomic mass is 10.1. The number of rotatable bonds is 10. The Hall–Kier alpha value is -4.06.